The molecule has 0 spiro atoms. The van der Waals surface area contributed by atoms with Gasteiger partial charge in [-0.05, 0) is 24.6 Å². The number of carbonyl (C=O) groups is 2. The lowest BCUT2D eigenvalue weighted by molar-refractivity contribution is -0.141. The SMILES string of the molecule is CCS(=O)(=O)CCC(NC(=O)/C=C/c1coc2ccccc2c1=O)C(=O)O. The van der Waals surface area contributed by atoms with Crippen molar-refractivity contribution in [3.63, 3.8) is 0 Å². The standard InChI is InChI=1S/C18H19NO7S/c1-2-27(24,25)10-9-14(18(22)23)19-16(20)8-7-12-11-26-15-6-4-3-5-13(15)17(12)21/h3-8,11,14H,2,9-10H2,1H3,(H,19,20)(H,22,23)/b8-7+. The highest BCUT2D eigenvalue weighted by Crippen LogP contribution is 2.11. The van der Waals surface area contributed by atoms with Crippen molar-refractivity contribution in [2.75, 3.05) is 11.5 Å². The van der Waals surface area contributed by atoms with E-state index in [1.54, 1.807) is 24.3 Å². The van der Waals surface area contributed by atoms with Gasteiger partial charge in [0.15, 0.2) is 5.43 Å². The quantitative estimate of drug-likeness (QED) is 0.644. The topological polar surface area (TPSA) is 131 Å². The molecule has 0 aliphatic rings. The Kier molecular flexibility index (Phi) is 6.51. The number of carboxylic acids is 1. The van der Waals surface area contributed by atoms with Gasteiger partial charge in [-0.2, -0.15) is 0 Å². The highest BCUT2D eigenvalue weighted by Gasteiger charge is 2.21. The van der Waals surface area contributed by atoms with Crippen molar-refractivity contribution in [3.05, 3.63) is 52.4 Å². The fourth-order valence-electron chi connectivity index (χ4n) is 2.29. The van der Waals surface area contributed by atoms with Crippen LogP contribution in [0.2, 0.25) is 0 Å². The maximum Gasteiger partial charge on any atom is 0.326 e. The number of fused-ring (bicyclic) bond motifs is 1. The highest BCUT2D eigenvalue weighted by atomic mass is 32.2. The molecule has 144 valence electrons. The van der Waals surface area contributed by atoms with Crippen LogP contribution in [0.4, 0.5) is 0 Å². The summed E-state index contributed by atoms with van der Waals surface area (Å²) in [6.45, 7) is 1.46. The first kappa shape index (κ1) is 20.4. The summed E-state index contributed by atoms with van der Waals surface area (Å²) >= 11 is 0. The van der Waals surface area contributed by atoms with E-state index in [4.69, 9.17) is 9.52 Å². The first-order valence-corrected chi connectivity index (χ1v) is 9.98. The number of aliphatic carboxylic acids is 1. The third-order valence-corrected chi connectivity index (χ3v) is 5.63. The number of carbonyl (C=O) groups excluding carboxylic acids is 1. The minimum Gasteiger partial charge on any atom is -0.480 e. The molecule has 0 bridgehead atoms. The molecule has 1 heterocycles. The fraction of sp³-hybridized carbons (Fsp3) is 0.278. The van der Waals surface area contributed by atoms with Crippen molar-refractivity contribution in [1.29, 1.82) is 0 Å². The smallest absolute Gasteiger partial charge is 0.326 e. The van der Waals surface area contributed by atoms with Gasteiger partial charge >= 0.3 is 5.97 Å². The van der Waals surface area contributed by atoms with Gasteiger partial charge in [-0.1, -0.05) is 19.1 Å². The average Bonchev–Trinajstić information content (AvgIpc) is 2.64. The van der Waals surface area contributed by atoms with Gasteiger partial charge in [0.05, 0.1) is 16.7 Å². The number of hydrogen-bond acceptors (Lipinski definition) is 6. The Morgan fingerprint density at radius 1 is 1.30 bits per heavy atom. The minimum absolute atomic E-state index is 0.106. The zero-order valence-electron chi connectivity index (χ0n) is 14.5. The molecule has 2 N–H and O–H groups in total. The molecule has 0 aliphatic heterocycles. The Balaban J connectivity index is 2.10. The van der Waals surface area contributed by atoms with Crippen LogP contribution in [0.1, 0.15) is 18.9 Å². The predicted octanol–water partition coefficient (Wildman–Crippen LogP) is 1.20. The van der Waals surface area contributed by atoms with Crippen LogP contribution in [0, 0.1) is 0 Å². The molecule has 0 radical (unpaired) electrons. The summed E-state index contributed by atoms with van der Waals surface area (Å²) in [7, 11) is -3.35. The number of sulfone groups is 1. The van der Waals surface area contributed by atoms with Gasteiger partial charge in [-0.25, -0.2) is 13.2 Å². The average molecular weight is 393 g/mol. The zero-order chi connectivity index (χ0) is 20.0. The lowest BCUT2D eigenvalue weighted by Crippen LogP contribution is -2.41. The summed E-state index contributed by atoms with van der Waals surface area (Å²) < 4.78 is 28.3. The second-order valence-corrected chi connectivity index (χ2v) is 8.25. The summed E-state index contributed by atoms with van der Waals surface area (Å²) in [4.78, 5) is 35.5. The van der Waals surface area contributed by atoms with Gasteiger partial charge in [-0.15, -0.1) is 0 Å². The van der Waals surface area contributed by atoms with Crippen molar-refractivity contribution >= 4 is 38.8 Å². The number of para-hydroxylation sites is 1. The lowest BCUT2D eigenvalue weighted by atomic mass is 10.1. The minimum atomic E-state index is -3.35. The Morgan fingerprint density at radius 2 is 2.00 bits per heavy atom. The van der Waals surface area contributed by atoms with Crippen LogP contribution < -0.4 is 10.7 Å². The van der Waals surface area contributed by atoms with Gasteiger partial charge in [-0.3, -0.25) is 9.59 Å². The highest BCUT2D eigenvalue weighted by molar-refractivity contribution is 7.91. The van der Waals surface area contributed by atoms with E-state index in [1.807, 2.05) is 0 Å². The number of hydrogen-bond donors (Lipinski definition) is 2. The molecular formula is C18H19NO7S. The van der Waals surface area contributed by atoms with Crippen LogP contribution in [-0.4, -0.2) is 42.9 Å². The number of nitrogens with one attached hydrogen (secondary N) is 1. The third kappa shape index (κ3) is 5.52. The molecular weight excluding hydrogens is 374 g/mol. The van der Waals surface area contributed by atoms with Crippen LogP contribution in [0.15, 0.2) is 45.8 Å². The molecule has 2 aromatic rings. The van der Waals surface area contributed by atoms with Crippen LogP contribution in [0.5, 0.6) is 0 Å². The van der Waals surface area contributed by atoms with Crippen LogP contribution >= 0.6 is 0 Å². The molecule has 2 rings (SSSR count). The van der Waals surface area contributed by atoms with E-state index in [0.717, 1.165) is 6.08 Å². The summed E-state index contributed by atoms with van der Waals surface area (Å²) in [5.74, 6) is -2.55. The normalized spacial score (nSPS) is 12.9. The van der Waals surface area contributed by atoms with E-state index in [-0.39, 0.29) is 28.9 Å². The monoisotopic (exact) mass is 393 g/mol. The molecule has 1 aromatic carbocycles. The molecule has 9 heteroatoms. The van der Waals surface area contributed by atoms with Gasteiger partial charge in [0.1, 0.15) is 27.7 Å². The molecule has 1 atom stereocenters. The maximum atomic E-state index is 12.3. The molecule has 8 nitrogen and oxygen atoms in total. The Bertz CT molecular complexity index is 1040. The summed E-state index contributed by atoms with van der Waals surface area (Å²) in [5.41, 5.74) is 0.209. The van der Waals surface area contributed by atoms with E-state index >= 15 is 0 Å². The van der Waals surface area contributed by atoms with E-state index < -0.39 is 27.8 Å². The van der Waals surface area contributed by atoms with Crippen molar-refractivity contribution in [2.24, 2.45) is 0 Å². The van der Waals surface area contributed by atoms with E-state index in [2.05, 4.69) is 5.32 Å². The summed E-state index contributed by atoms with van der Waals surface area (Å²) in [6, 6.07) is 5.28. The number of amides is 1. The number of carboxylic acid groups (broad SMARTS) is 1. The molecule has 0 fully saturated rings. The van der Waals surface area contributed by atoms with Crippen molar-refractivity contribution < 1.29 is 27.5 Å². The van der Waals surface area contributed by atoms with Crippen LogP contribution in [-0.2, 0) is 19.4 Å². The van der Waals surface area contributed by atoms with E-state index in [9.17, 15) is 22.8 Å². The predicted molar refractivity (Wildman–Crippen MR) is 100 cm³/mol. The number of rotatable bonds is 8. The van der Waals surface area contributed by atoms with Crippen molar-refractivity contribution in [1.82, 2.24) is 5.32 Å². The lowest BCUT2D eigenvalue weighted by Gasteiger charge is -2.12. The number of benzene rings is 1. The molecule has 1 amide bonds. The fourth-order valence-corrected chi connectivity index (χ4v) is 3.18. The van der Waals surface area contributed by atoms with Gasteiger partial charge < -0.3 is 14.8 Å². The van der Waals surface area contributed by atoms with E-state index in [0.29, 0.717) is 11.0 Å². The first-order chi connectivity index (χ1) is 12.7. The Hall–Kier alpha value is -2.94. The second kappa shape index (κ2) is 8.63. The Morgan fingerprint density at radius 3 is 2.67 bits per heavy atom. The summed E-state index contributed by atoms with van der Waals surface area (Å²) in [5, 5.41) is 11.7. The van der Waals surface area contributed by atoms with E-state index in [1.165, 1.54) is 19.3 Å². The molecule has 0 saturated heterocycles. The van der Waals surface area contributed by atoms with Crippen molar-refractivity contribution in [3.8, 4) is 0 Å². The molecule has 1 unspecified atom stereocenters. The third-order valence-electron chi connectivity index (χ3n) is 3.89. The Labute approximate surface area is 155 Å². The zero-order valence-corrected chi connectivity index (χ0v) is 15.4. The molecule has 1 aromatic heterocycles. The van der Waals surface area contributed by atoms with Gasteiger partial charge in [0, 0.05) is 11.8 Å². The van der Waals surface area contributed by atoms with Crippen molar-refractivity contribution in [2.45, 2.75) is 19.4 Å². The van der Waals surface area contributed by atoms with Gasteiger partial charge in [0.2, 0.25) is 5.91 Å². The largest absolute Gasteiger partial charge is 0.480 e. The maximum absolute atomic E-state index is 12.3. The second-order valence-electron chi connectivity index (χ2n) is 5.77. The van der Waals surface area contributed by atoms with Gasteiger partial charge in [0.25, 0.3) is 0 Å². The van der Waals surface area contributed by atoms with Crippen LogP contribution in [0.3, 0.4) is 0 Å². The van der Waals surface area contributed by atoms with Crippen LogP contribution in [0.25, 0.3) is 17.0 Å². The molecule has 0 saturated carbocycles. The molecule has 27 heavy (non-hydrogen) atoms. The molecule has 0 aliphatic carbocycles. The first-order valence-electron chi connectivity index (χ1n) is 8.16. The summed E-state index contributed by atoms with van der Waals surface area (Å²) in [6.07, 6.45) is 3.18.